The fraction of sp³-hybridized carbons (Fsp3) is 0.348. The van der Waals surface area contributed by atoms with Crippen molar-refractivity contribution in [3.8, 4) is 34.4 Å². The van der Waals surface area contributed by atoms with E-state index in [-0.39, 0.29) is 25.2 Å². The van der Waals surface area contributed by atoms with Crippen molar-refractivity contribution < 1.29 is 28.3 Å². The molecule has 1 fully saturated rings. The second-order valence-electron chi connectivity index (χ2n) is 7.99. The maximum absolute atomic E-state index is 12.9. The number of fused-ring (bicyclic) bond motifs is 2. The molecule has 1 saturated heterocycles. The van der Waals surface area contributed by atoms with Crippen molar-refractivity contribution in [3.05, 3.63) is 48.4 Å². The van der Waals surface area contributed by atoms with E-state index < -0.39 is 6.10 Å². The number of carbonyl (C=O) groups excluding carboxylic acids is 1. The molecule has 32 heavy (non-hydrogen) atoms. The lowest BCUT2D eigenvalue weighted by molar-refractivity contribution is -0.142. The lowest BCUT2D eigenvalue weighted by Crippen LogP contribution is -2.48. The van der Waals surface area contributed by atoms with E-state index in [1.54, 1.807) is 0 Å². The summed E-state index contributed by atoms with van der Waals surface area (Å²) in [4.78, 5) is 19.4. The Hall–Kier alpha value is -3.75. The number of nitrogens with zero attached hydrogens (tertiary/aromatic N) is 3. The van der Waals surface area contributed by atoms with Crippen LogP contribution in [0.25, 0.3) is 11.4 Å². The van der Waals surface area contributed by atoms with Crippen molar-refractivity contribution in [3.63, 3.8) is 0 Å². The molecular weight excluding hydrogens is 414 g/mol. The van der Waals surface area contributed by atoms with Crippen LogP contribution in [-0.4, -0.2) is 53.5 Å². The van der Waals surface area contributed by atoms with Crippen LogP contribution >= 0.6 is 0 Å². The average molecular weight is 435 g/mol. The third kappa shape index (κ3) is 3.39. The first kappa shape index (κ1) is 19.0. The molecule has 9 nitrogen and oxygen atoms in total. The van der Waals surface area contributed by atoms with Crippen LogP contribution in [0.15, 0.2) is 47.0 Å². The quantitative estimate of drug-likeness (QED) is 0.620. The highest BCUT2D eigenvalue weighted by molar-refractivity contribution is 5.82. The number of hydrogen-bond acceptors (Lipinski definition) is 8. The Labute approximate surface area is 183 Å². The van der Waals surface area contributed by atoms with Crippen LogP contribution in [0.2, 0.25) is 0 Å². The molecule has 0 bridgehead atoms. The molecule has 3 aliphatic heterocycles. The normalized spacial score (nSPS) is 19.8. The molecule has 0 saturated carbocycles. The van der Waals surface area contributed by atoms with Crippen LogP contribution in [-0.2, 0) is 4.79 Å². The fourth-order valence-corrected chi connectivity index (χ4v) is 4.25. The molecule has 6 rings (SSSR count). The Balaban J connectivity index is 1.08. The van der Waals surface area contributed by atoms with Gasteiger partial charge in [-0.2, -0.15) is 4.98 Å². The molecule has 0 N–H and O–H groups in total. The molecule has 1 aromatic heterocycles. The van der Waals surface area contributed by atoms with Gasteiger partial charge in [0.2, 0.25) is 24.6 Å². The third-order valence-electron chi connectivity index (χ3n) is 6.01. The number of aromatic nitrogens is 2. The summed E-state index contributed by atoms with van der Waals surface area (Å²) in [5.74, 6) is 3.84. The molecule has 3 aliphatic rings. The van der Waals surface area contributed by atoms with Gasteiger partial charge in [0.25, 0.3) is 5.91 Å². The van der Waals surface area contributed by atoms with Crippen LogP contribution in [0.1, 0.15) is 24.7 Å². The Bertz CT molecular complexity index is 1150. The van der Waals surface area contributed by atoms with E-state index in [4.69, 9.17) is 23.5 Å². The summed E-state index contributed by atoms with van der Waals surface area (Å²) in [6.07, 6.45) is 0.875. The van der Waals surface area contributed by atoms with E-state index in [9.17, 15) is 4.79 Å². The van der Waals surface area contributed by atoms with Crippen LogP contribution < -0.4 is 18.9 Å². The number of benzene rings is 2. The van der Waals surface area contributed by atoms with Gasteiger partial charge in [-0.25, -0.2) is 0 Å². The highest BCUT2D eigenvalue weighted by Gasteiger charge is 2.34. The van der Waals surface area contributed by atoms with Gasteiger partial charge in [0.1, 0.15) is 6.61 Å². The number of carbonyl (C=O) groups is 1. The number of ether oxygens (including phenoxy) is 4. The van der Waals surface area contributed by atoms with Crippen molar-refractivity contribution in [1.29, 1.82) is 0 Å². The maximum atomic E-state index is 12.9. The minimum Gasteiger partial charge on any atom is -0.485 e. The molecule has 4 heterocycles. The summed E-state index contributed by atoms with van der Waals surface area (Å²) in [5, 5.41) is 4.14. The second kappa shape index (κ2) is 7.74. The molecule has 1 unspecified atom stereocenters. The molecule has 2 aromatic carbocycles. The van der Waals surface area contributed by atoms with Crippen molar-refractivity contribution in [1.82, 2.24) is 15.0 Å². The predicted octanol–water partition coefficient (Wildman–Crippen LogP) is 3.01. The van der Waals surface area contributed by atoms with Gasteiger partial charge in [-0.1, -0.05) is 17.3 Å². The minimum absolute atomic E-state index is 0.0514. The fourth-order valence-electron chi connectivity index (χ4n) is 4.25. The molecule has 0 radical (unpaired) electrons. The van der Waals surface area contributed by atoms with Crippen molar-refractivity contribution in [2.24, 2.45) is 0 Å². The molecule has 9 heteroatoms. The Morgan fingerprint density at radius 2 is 1.72 bits per heavy atom. The van der Waals surface area contributed by atoms with E-state index in [1.807, 2.05) is 47.4 Å². The first-order valence-electron chi connectivity index (χ1n) is 10.7. The molecule has 0 aliphatic carbocycles. The van der Waals surface area contributed by atoms with Crippen LogP contribution in [0, 0.1) is 0 Å². The monoisotopic (exact) mass is 435 g/mol. The number of likely N-dealkylation sites (tertiary alicyclic amines) is 1. The van der Waals surface area contributed by atoms with Gasteiger partial charge < -0.3 is 28.4 Å². The standard InChI is InChI=1S/C23H21N3O6/c27-23(20-12-28-16-3-1-2-4-18(16)31-20)26-9-7-14(8-10-26)22-24-21(25-32-22)15-5-6-17-19(11-15)30-13-29-17/h1-6,11,14,20H,7-10,12-13H2. The lowest BCUT2D eigenvalue weighted by Gasteiger charge is -2.34. The van der Waals surface area contributed by atoms with E-state index in [0.717, 1.165) is 18.4 Å². The van der Waals surface area contributed by atoms with Crippen LogP contribution in [0.4, 0.5) is 0 Å². The summed E-state index contributed by atoms with van der Waals surface area (Å²) in [6.45, 7) is 1.65. The summed E-state index contributed by atoms with van der Waals surface area (Å²) in [5.41, 5.74) is 0.812. The molecule has 3 aromatic rings. The highest BCUT2D eigenvalue weighted by Crippen LogP contribution is 2.36. The SMILES string of the molecule is O=C(C1COc2ccccc2O1)N1CCC(c2nc(-c3ccc4c(c3)OCO4)no2)CC1. The molecule has 1 amide bonds. The number of para-hydroxylation sites is 2. The second-order valence-corrected chi connectivity index (χ2v) is 7.99. The molecule has 164 valence electrons. The van der Waals surface area contributed by atoms with E-state index in [0.29, 0.717) is 47.8 Å². The summed E-state index contributed by atoms with van der Waals surface area (Å²) < 4.78 is 27.9. The van der Waals surface area contributed by atoms with E-state index in [2.05, 4.69) is 10.1 Å². The largest absolute Gasteiger partial charge is 0.485 e. The Kier molecular flexibility index (Phi) is 4.59. The molecule has 1 atom stereocenters. The average Bonchev–Trinajstić information content (AvgIpc) is 3.53. The smallest absolute Gasteiger partial charge is 0.267 e. The van der Waals surface area contributed by atoms with Crippen molar-refractivity contribution in [2.45, 2.75) is 24.9 Å². The summed E-state index contributed by atoms with van der Waals surface area (Å²) in [6, 6.07) is 13.0. The Morgan fingerprint density at radius 1 is 0.938 bits per heavy atom. The zero-order chi connectivity index (χ0) is 21.5. The topological polar surface area (TPSA) is 96.2 Å². The van der Waals surface area contributed by atoms with Crippen LogP contribution in [0.5, 0.6) is 23.0 Å². The van der Waals surface area contributed by atoms with Gasteiger partial charge in [-0.3, -0.25) is 4.79 Å². The minimum atomic E-state index is -0.623. The number of piperidine rings is 1. The highest BCUT2D eigenvalue weighted by atomic mass is 16.7. The zero-order valence-corrected chi connectivity index (χ0v) is 17.2. The lowest BCUT2D eigenvalue weighted by atomic mass is 9.96. The van der Waals surface area contributed by atoms with Gasteiger partial charge in [0.15, 0.2) is 23.0 Å². The third-order valence-corrected chi connectivity index (χ3v) is 6.01. The summed E-state index contributed by atoms with van der Waals surface area (Å²) in [7, 11) is 0. The van der Waals surface area contributed by atoms with Gasteiger partial charge in [0.05, 0.1) is 0 Å². The number of rotatable bonds is 3. The predicted molar refractivity (Wildman–Crippen MR) is 111 cm³/mol. The molecular formula is C23H21N3O6. The first-order valence-corrected chi connectivity index (χ1v) is 10.7. The van der Waals surface area contributed by atoms with Gasteiger partial charge in [0, 0.05) is 24.6 Å². The first-order chi connectivity index (χ1) is 15.7. The zero-order valence-electron chi connectivity index (χ0n) is 17.2. The van der Waals surface area contributed by atoms with E-state index in [1.165, 1.54) is 0 Å². The summed E-state index contributed by atoms with van der Waals surface area (Å²) >= 11 is 0. The van der Waals surface area contributed by atoms with Crippen LogP contribution in [0.3, 0.4) is 0 Å². The molecule has 0 spiro atoms. The number of hydrogen-bond donors (Lipinski definition) is 0. The Morgan fingerprint density at radius 3 is 2.59 bits per heavy atom. The van der Waals surface area contributed by atoms with Gasteiger partial charge in [-0.15, -0.1) is 0 Å². The van der Waals surface area contributed by atoms with E-state index >= 15 is 0 Å². The van der Waals surface area contributed by atoms with Crippen molar-refractivity contribution in [2.75, 3.05) is 26.5 Å². The number of amides is 1. The van der Waals surface area contributed by atoms with Gasteiger partial charge in [-0.05, 0) is 43.2 Å². The van der Waals surface area contributed by atoms with Crippen molar-refractivity contribution >= 4 is 5.91 Å². The maximum Gasteiger partial charge on any atom is 0.267 e. The van der Waals surface area contributed by atoms with Gasteiger partial charge >= 0.3 is 0 Å².